The van der Waals surface area contributed by atoms with Crippen LogP contribution in [0.15, 0.2) is 18.3 Å². The van der Waals surface area contributed by atoms with Crippen LogP contribution < -0.4 is 10.2 Å². The molecule has 3 atom stereocenters. The summed E-state index contributed by atoms with van der Waals surface area (Å²) in [7, 11) is 1.73. The van der Waals surface area contributed by atoms with Crippen LogP contribution in [0, 0.1) is 11.8 Å². The first kappa shape index (κ1) is 16.2. The van der Waals surface area contributed by atoms with Crippen LogP contribution in [0.3, 0.4) is 0 Å². The van der Waals surface area contributed by atoms with E-state index in [1.165, 1.54) is 12.0 Å². The quantitative estimate of drug-likeness (QED) is 0.818. The first-order chi connectivity index (χ1) is 10.1. The van der Waals surface area contributed by atoms with Gasteiger partial charge in [0.1, 0.15) is 5.82 Å². The second-order valence-electron chi connectivity index (χ2n) is 6.37. The molecular weight excluding hydrogens is 262 g/mol. The maximum Gasteiger partial charge on any atom is 0.133 e. The molecule has 118 valence electrons. The maximum absolute atomic E-state index is 5.08. The fourth-order valence-electron chi connectivity index (χ4n) is 3.22. The number of pyridine rings is 1. The zero-order valence-corrected chi connectivity index (χ0v) is 13.8. The van der Waals surface area contributed by atoms with E-state index in [1.807, 2.05) is 12.3 Å². The van der Waals surface area contributed by atoms with E-state index < -0.39 is 0 Å². The summed E-state index contributed by atoms with van der Waals surface area (Å²) in [5.41, 5.74) is 1.28. The van der Waals surface area contributed by atoms with Crippen LogP contribution >= 0.6 is 0 Å². The highest BCUT2D eigenvalue weighted by molar-refractivity contribution is 5.48. The zero-order valence-electron chi connectivity index (χ0n) is 13.8. The summed E-state index contributed by atoms with van der Waals surface area (Å²) in [6.45, 7) is 10.6. The molecule has 1 aliphatic rings. The highest BCUT2D eigenvalue weighted by atomic mass is 16.5. The monoisotopic (exact) mass is 291 g/mol. The Bertz CT molecular complexity index is 438. The molecule has 1 aromatic heterocycles. The first-order valence-electron chi connectivity index (χ1n) is 8.03. The van der Waals surface area contributed by atoms with Crippen molar-refractivity contribution in [3.8, 4) is 0 Å². The van der Waals surface area contributed by atoms with Crippen molar-refractivity contribution in [2.75, 3.05) is 31.7 Å². The van der Waals surface area contributed by atoms with Crippen molar-refractivity contribution in [2.24, 2.45) is 11.8 Å². The standard InChI is InChI=1S/C17H29N3O/c1-13-10-14(2)15(3)20(12-13)17-16(6-5-7-19-17)11-18-8-9-21-4/h5-7,13-15,18H,8-12H2,1-4H3. The number of methoxy groups -OCH3 is 1. The molecule has 0 aliphatic carbocycles. The molecule has 2 heterocycles. The Morgan fingerprint density at radius 3 is 2.95 bits per heavy atom. The molecule has 2 rings (SSSR count). The number of piperidine rings is 1. The highest BCUT2D eigenvalue weighted by Crippen LogP contribution is 2.31. The van der Waals surface area contributed by atoms with Crippen molar-refractivity contribution in [3.63, 3.8) is 0 Å². The summed E-state index contributed by atoms with van der Waals surface area (Å²) >= 11 is 0. The Hall–Kier alpha value is -1.13. The number of nitrogens with zero attached hydrogens (tertiary/aromatic N) is 2. The number of aromatic nitrogens is 1. The molecule has 1 fully saturated rings. The van der Waals surface area contributed by atoms with E-state index in [4.69, 9.17) is 4.74 Å². The molecule has 0 radical (unpaired) electrons. The van der Waals surface area contributed by atoms with Gasteiger partial charge < -0.3 is 15.0 Å². The molecule has 1 aromatic rings. The van der Waals surface area contributed by atoms with E-state index in [9.17, 15) is 0 Å². The molecule has 0 amide bonds. The Morgan fingerprint density at radius 2 is 2.19 bits per heavy atom. The van der Waals surface area contributed by atoms with Crippen LogP contribution in [0.25, 0.3) is 0 Å². The van der Waals surface area contributed by atoms with Gasteiger partial charge in [-0.3, -0.25) is 0 Å². The summed E-state index contributed by atoms with van der Waals surface area (Å²) in [5.74, 6) is 2.59. The summed E-state index contributed by atoms with van der Waals surface area (Å²) in [6, 6.07) is 4.76. The highest BCUT2D eigenvalue weighted by Gasteiger charge is 2.30. The molecule has 0 bridgehead atoms. The Kier molecular flexibility index (Phi) is 6.00. The smallest absolute Gasteiger partial charge is 0.133 e. The fourth-order valence-corrected chi connectivity index (χ4v) is 3.22. The lowest BCUT2D eigenvalue weighted by Gasteiger charge is -2.42. The molecule has 3 unspecified atom stereocenters. The van der Waals surface area contributed by atoms with E-state index in [0.717, 1.165) is 38.0 Å². The van der Waals surface area contributed by atoms with Crippen LogP contribution in [-0.4, -0.2) is 37.8 Å². The fraction of sp³-hybridized carbons (Fsp3) is 0.706. The molecule has 0 aromatic carbocycles. The normalized spacial score (nSPS) is 26.1. The van der Waals surface area contributed by atoms with Gasteiger partial charge in [0.2, 0.25) is 0 Å². The van der Waals surface area contributed by atoms with Gasteiger partial charge in [-0.1, -0.05) is 19.9 Å². The number of ether oxygens (including phenoxy) is 1. The number of nitrogens with one attached hydrogen (secondary N) is 1. The van der Waals surface area contributed by atoms with Gasteiger partial charge in [0.05, 0.1) is 6.61 Å². The maximum atomic E-state index is 5.08. The number of rotatable bonds is 6. The predicted molar refractivity (Wildman–Crippen MR) is 87.6 cm³/mol. The van der Waals surface area contributed by atoms with E-state index in [2.05, 4.69) is 42.0 Å². The van der Waals surface area contributed by atoms with E-state index >= 15 is 0 Å². The van der Waals surface area contributed by atoms with Crippen LogP contribution in [-0.2, 0) is 11.3 Å². The molecule has 0 saturated carbocycles. The molecule has 4 heteroatoms. The number of hydrogen-bond acceptors (Lipinski definition) is 4. The minimum Gasteiger partial charge on any atom is -0.383 e. The van der Waals surface area contributed by atoms with Crippen molar-refractivity contribution in [1.29, 1.82) is 0 Å². The summed E-state index contributed by atoms with van der Waals surface area (Å²) < 4.78 is 5.08. The first-order valence-corrected chi connectivity index (χ1v) is 8.03. The van der Waals surface area contributed by atoms with Crippen LogP contribution in [0.1, 0.15) is 32.8 Å². The van der Waals surface area contributed by atoms with Crippen LogP contribution in [0.5, 0.6) is 0 Å². The second kappa shape index (κ2) is 7.76. The van der Waals surface area contributed by atoms with Crippen LogP contribution in [0.2, 0.25) is 0 Å². The molecule has 4 nitrogen and oxygen atoms in total. The largest absolute Gasteiger partial charge is 0.383 e. The average Bonchev–Trinajstić information content (AvgIpc) is 2.48. The van der Waals surface area contributed by atoms with Gasteiger partial charge >= 0.3 is 0 Å². The number of hydrogen-bond donors (Lipinski definition) is 1. The van der Waals surface area contributed by atoms with Gasteiger partial charge in [-0.25, -0.2) is 4.98 Å². The molecule has 1 N–H and O–H groups in total. The van der Waals surface area contributed by atoms with Crippen LogP contribution in [0.4, 0.5) is 5.82 Å². The Balaban J connectivity index is 2.10. The van der Waals surface area contributed by atoms with Gasteiger partial charge in [-0.05, 0) is 31.2 Å². The molecule has 0 spiro atoms. The molecule has 1 aliphatic heterocycles. The predicted octanol–water partition coefficient (Wildman–Crippen LogP) is 2.69. The van der Waals surface area contributed by atoms with Crippen molar-refractivity contribution in [1.82, 2.24) is 10.3 Å². The van der Waals surface area contributed by atoms with Crippen molar-refractivity contribution < 1.29 is 4.74 Å². The SMILES string of the molecule is COCCNCc1cccnc1N1CC(C)CC(C)C1C. The Labute approximate surface area is 128 Å². The van der Waals surface area contributed by atoms with Crippen molar-refractivity contribution in [2.45, 2.75) is 39.8 Å². The van der Waals surface area contributed by atoms with Gasteiger partial charge in [0, 0.05) is 44.5 Å². The lowest BCUT2D eigenvalue weighted by Crippen LogP contribution is -2.46. The Morgan fingerprint density at radius 1 is 1.38 bits per heavy atom. The lowest BCUT2D eigenvalue weighted by molar-refractivity contribution is 0.199. The van der Waals surface area contributed by atoms with Crippen molar-refractivity contribution in [3.05, 3.63) is 23.9 Å². The van der Waals surface area contributed by atoms with Gasteiger partial charge in [0.15, 0.2) is 0 Å². The second-order valence-corrected chi connectivity index (χ2v) is 6.37. The number of anilines is 1. The summed E-state index contributed by atoms with van der Waals surface area (Å²) in [6.07, 6.45) is 3.22. The van der Waals surface area contributed by atoms with Gasteiger partial charge in [-0.2, -0.15) is 0 Å². The van der Waals surface area contributed by atoms with E-state index in [0.29, 0.717) is 12.0 Å². The summed E-state index contributed by atoms with van der Waals surface area (Å²) in [5, 5.41) is 3.43. The molecule has 21 heavy (non-hydrogen) atoms. The minimum absolute atomic E-state index is 0.550. The third-order valence-corrected chi connectivity index (χ3v) is 4.54. The van der Waals surface area contributed by atoms with E-state index in [1.54, 1.807) is 7.11 Å². The minimum atomic E-state index is 0.550. The topological polar surface area (TPSA) is 37.4 Å². The molecular formula is C17H29N3O. The van der Waals surface area contributed by atoms with Gasteiger partial charge in [0.25, 0.3) is 0 Å². The van der Waals surface area contributed by atoms with Gasteiger partial charge in [-0.15, -0.1) is 0 Å². The lowest BCUT2D eigenvalue weighted by atomic mass is 9.86. The third-order valence-electron chi connectivity index (χ3n) is 4.54. The van der Waals surface area contributed by atoms with Crippen molar-refractivity contribution >= 4 is 5.82 Å². The zero-order chi connectivity index (χ0) is 15.2. The molecule has 1 saturated heterocycles. The third kappa shape index (κ3) is 4.17. The summed E-state index contributed by atoms with van der Waals surface area (Å²) in [4.78, 5) is 7.17. The van der Waals surface area contributed by atoms with E-state index in [-0.39, 0.29) is 0 Å². The average molecular weight is 291 g/mol.